The summed E-state index contributed by atoms with van der Waals surface area (Å²) in [4.78, 5) is 18.1. The van der Waals surface area contributed by atoms with Gasteiger partial charge < -0.3 is 14.6 Å². The van der Waals surface area contributed by atoms with Crippen LogP contribution in [0, 0.1) is 0 Å². The molecular formula is C10H10F2N2O4. The molecule has 0 bridgehead atoms. The van der Waals surface area contributed by atoms with Crippen LogP contribution in [0.25, 0.3) is 0 Å². The molecule has 98 valence electrons. The number of aromatic nitrogens is 2. The van der Waals surface area contributed by atoms with Gasteiger partial charge in [0.05, 0.1) is 19.8 Å². The van der Waals surface area contributed by atoms with E-state index < -0.39 is 29.8 Å². The van der Waals surface area contributed by atoms with Gasteiger partial charge in [-0.15, -0.1) is 0 Å². The fraction of sp³-hybridized carbons (Fsp3) is 0.500. The highest BCUT2D eigenvalue weighted by molar-refractivity contribution is 5.88. The molecule has 1 unspecified atom stereocenters. The van der Waals surface area contributed by atoms with Crippen molar-refractivity contribution >= 4 is 5.97 Å². The van der Waals surface area contributed by atoms with Gasteiger partial charge >= 0.3 is 5.97 Å². The molecule has 1 fully saturated rings. The van der Waals surface area contributed by atoms with E-state index in [1.807, 2.05) is 0 Å². The minimum absolute atomic E-state index is 0.00926. The van der Waals surface area contributed by atoms with E-state index in [1.54, 1.807) is 0 Å². The van der Waals surface area contributed by atoms with Crippen molar-refractivity contribution < 1.29 is 28.2 Å². The van der Waals surface area contributed by atoms with Crippen molar-refractivity contribution in [2.75, 3.05) is 19.8 Å². The van der Waals surface area contributed by atoms with Crippen molar-refractivity contribution in [1.29, 1.82) is 0 Å². The number of aromatic carboxylic acids is 1. The average molecular weight is 260 g/mol. The maximum absolute atomic E-state index is 12.7. The quantitative estimate of drug-likeness (QED) is 0.879. The lowest BCUT2D eigenvalue weighted by atomic mass is 10.2. The maximum Gasteiger partial charge on any atom is 0.339 e. The van der Waals surface area contributed by atoms with Crippen LogP contribution in [0.3, 0.4) is 0 Å². The van der Waals surface area contributed by atoms with E-state index >= 15 is 0 Å². The molecule has 18 heavy (non-hydrogen) atoms. The molecule has 1 N–H and O–H groups in total. The second kappa shape index (κ2) is 5.32. The van der Waals surface area contributed by atoms with Crippen LogP contribution in [0.5, 0.6) is 0 Å². The Labute approximate surface area is 101 Å². The number of nitrogens with zero attached hydrogens (tertiary/aromatic N) is 2. The van der Waals surface area contributed by atoms with Gasteiger partial charge in [-0.25, -0.2) is 23.5 Å². The fourth-order valence-corrected chi connectivity index (χ4v) is 1.53. The highest BCUT2D eigenvalue weighted by Crippen LogP contribution is 2.24. The first-order valence-corrected chi connectivity index (χ1v) is 5.17. The Bertz CT molecular complexity index is 450. The van der Waals surface area contributed by atoms with Crippen molar-refractivity contribution in [3.8, 4) is 0 Å². The predicted octanol–water partition coefficient (Wildman–Crippen LogP) is 1.20. The third-order valence-electron chi connectivity index (χ3n) is 2.38. The fourth-order valence-electron chi connectivity index (χ4n) is 1.53. The molecule has 6 nitrogen and oxygen atoms in total. The van der Waals surface area contributed by atoms with Gasteiger partial charge in [-0.3, -0.25) is 0 Å². The van der Waals surface area contributed by atoms with Crippen LogP contribution in [0.4, 0.5) is 8.78 Å². The van der Waals surface area contributed by atoms with Gasteiger partial charge in [-0.1, -0.05) is 0 Å². The first kappa shape index (κ1) is 12.8. The smallest absolute Gasteiger partial charge is 0.339 e. The lowest BCUT2D eigenvalue weighted by Crippen LogP contribution is -2.24. The number of hydrogen-bond acceptors (Lipinski definition) is 5. The first-order valence-electron chi connectivity index (χ1n) is 5.17. The lowest BCUT2D eigenvalue weighted by Gasteiger charge is -2.22. The van der Waals surface area contributed by atoms with Crippen molar-refractivity contribution in [3.63, 3.8) is 0 Å². The Balaban J connectivity index is 2.33. The summed E-state index contributed by atoms with van der Waals surface area (Å²) in [5, 5.41) is 8.75. The Hall–Kier alpha value is -1.67. The molecule has 0 aromatic carbocycles. The zero-order valence-electron chi connectivity index (χ0n) is 9.18. The molecule has 0 saturated carbocycles. The van der Waals surface area contributed by atoms with E-state index in [2.05, 4.69) is 9.97 Å². The molecule has 1 saturated heterocycles. The number of rotatable bonds is 3. The Morgan fingerprint density at radius 3 is 2.83 bits per heavy atom. The third kappa shape index (κ3) is 2.59. The van der Waals surface area contributed by atoms with Gasteiger partial charge in [0.25, 0.3) is 6.43 Å². The van der Waals surface area contributed by atoms with Gasteiger partial charge in [0.15, 0.2) is 5.82 Å². The summed E-state index contributed by atoms with van der Waals surface area (Å²) in [7, 11) is 0. The van der Waals surface area contributed by atoms with Crippen molar-refractivity contribution in [3.05, 3.63) is 23.3 Å². The number of carboxylic acid groups (broad SMARTS) is 1. The summed E-state index contributed by atoms with van der Waals surface area (Å²) < 4.78 is 35.8. The van der Waals surface area contributed by atoms with Crippen molar-refractivity contribution in [1.82, 2.24) is 9.97 Å². The molecule has 0 radical (unpaired) electrons. The highest BCUT2D eigenvalue weighted by Gasteiger charge is 2.25. The summed E-state index contributed by atoms with van der Waals surface area (Å²) >= 11 is 0. The van der Waals surface area contributed by atoms with Crippen LogP contribution in [0.1, 0.15) is 34.4 Å². The number of ether oxygens (including phenoxy) is 2. The standard InChI is InChI=1S/C10H10F2N2O4/c11-8(12)7-5(10(15)16)3-13-9(14-7)6-4-17-1-2-18-6/h3,6,8H,1-2,4H2,(H,15,16). The molecular weight excluding hydrogens is 250 g/mol. The molecule has 1 aliphatic rings. The molecule has 0 spiro atoms. The van der Waals surface area contributed by atoms with Crippen LogP contribution in [0.15, 0.2) is 6.20 Å². The van der Waals surface area contributed by atoms with E-state index in [-0.39, 0.29) is 12.4 Å². The summed E-state index contributed by atoms with van der Waals surface area (Å²) in [5.74, 6) is -1.48. The minimum Gasteiger partial charge on any atom is -0.478 e. The summed E-state index contributed by atoms with van der Waals surface area (Å²) in [6.45, 7) is 0.902. The zero-order chi connectivity index (χ0) is 13.1. The van der Waals surface area contributed by atoms with Gasteiger partial charge in [-0.05, 0) is 0 Å². The maximum atomic E-state index is 12.7. The normalized spacial score (nSPS) is 20.1. The third-order valence-corrected chi connectivity index (χ3v) is 2.38. The van der Waals surface area contributed by atoms with Crippen molar-refractivity contribution in [2.24, 2.45) is 0 Å². The molecule has 0 aliphatic carbocycles. The molecule has 2 heterocycles. The second-order valence-electron chi connectivity index (χ2n) is 3.57. The van der Waals surface area contributed by atoms with E-state index in [4.69, 9.17) is 14.6 Å². The highest BCUT2D eigenvalue weighted by atomic mass is 19.3. The van der Waals surface area contributed by atoms with Crippen LogP contribution in [0.2, 0.25) is 0 Å². The number of carboxylic acids is 1. The van der Waals surface area contributed by atoms with E-state index in [9.17, 15) is 13.6 Å². The van der Waals surface area contributed by atoms with Gasteiger partial charge in [-0.2, -0.15) is 0 Å². The van der Waals surface area contributed by atoms with Crippen LogP contribution >= 0.6 is 0 Å². The molecule has 1 atom stereocenters. The number of alkyl halides is 2. The average Bonchev–Trinajstić information content (AvgIpc) is 2.39. The van der Waals surface area contributed by atoms with E-state index in [0.29, 0.717) is 13.2 Å². The lowest BCUT2D eigenvalue weighted by molar-refractivity contribution is -0.0937. The molecule has 2 rings (SSSR count). The van der Waals surface area contributed by atoms with Crippen molar-refractivity contribution in [2.45, 2.75) is 12.5 Å². The SMILES string of the molecule is O=C(O)c1cnc(C2COCCO2)nc1C(F)F. The monoisotopic (exact) mass is 260 g/mol. The van der Waals surface area contributed by atoms with E-state index in [0.717, 1.165) is 6.20 Å². The van der Waals surface area contributed by atoms with E-state index in [1.165, 1.54) is 0 Å². The van der Waals surface area contributed by atoms with Crippen LogP contribution < -0.4 is 0 Å². The summed E-state index contributed by atoms with van der Waals surface area (Å²) in [6, 6.07) is 0. The minimum atomic E-state index is -2.98. The Morgan fingerprint density at radius 2 is 2.28 bits per heavy atom. The zero-order valence-corrected chi connectivity index (χ0v) is 9.18. The topological polar surface area (TPSA) is 81.5 Å². The van der Waals surface area contributed by atoms with Crippen LogP contribution in [-0.2, 0) is 9.47 Å². The first-order chi connectivity index (χ1) is 8.59. The number of hydrogen-bond donors (Lipinski definition) is 1. The van der Waals surface area contributed by atoms with Gasteiger partial charge in [0, 0.05) is 6.20 Å². The Morgan fingerprint density at radius 1 is 1.50 bits per heavy atom. The Kier molecular flexibility index (Phi) is 3.78. The molecule has 0 amide bonds. The second-order valence-corrected chi connectivity index (χ2v) is 3.57. The van der Waals surface area contributed by atoms with Gasteiger partial charge in [0.1, 0.15) is 17.4 Å². The number of carbonyl (C=O) groups is 1. The summed E-state index contributed by atoms with van der Waals surface area (Å²) in [6.07, 6.45) is -2.76. The molecule has 8 heteroatoms. The molecule has 1 aromatic rings. The molecule has 1 aliphatic heterocycles. The largest absolute Gasteiger partial charge is 0.478 e. The van der Waals surface area contributed by atoms with Gasteiger partial charge in [0.2, 0.25) is 0 Å². The summed E-state index contributed by atoms with van der Waals surface area (Å²) in [5.41, 5.74) is -1.41. The predicted molar refractivity (Wildman–Crippen MR) is 53.5 cm³/mol. The molecule has 1 aromatic heterocycles. The van der Waals surface area contributed by atoms with Crippen LogP contribution in [-0.4, -0.2) is 40.9 Å². The number of halogens is 2.